The van der Waals surface area contributed by atoms with Crippen LogP contribution in [0, 0.1) is 6.92 Å². The number of carbonyl (C=O) groups is 1. The molecule has 24 heavy (non-hydrogen) atoms. The molecule has 1 aromatic heterocycles. The number of aryl methyl sites for hydroxylation is 1. The monoisotopic (exact) mass is 318 g/mol. The van der Waals surface area contributed by atoms with Crippen molar-refractivity contribution >= 4 is 28.4 Å². The van der Waals surface area contributed by atoms with E-state index < -0.39 is 0 Å². The zero-order chi connectivity index (χ0) is 17.1. The molecule has 0 saturated carbocycles. The van der Waals surface area contributed by atoms with E-state index in [0.717, 1.165) is 22.2 Å². The van der Waals surface area contributed by atoms with Gasteiger partial charge >= 0.3 is 0 Å². The average Bonchev–Trinajstić information content (AvgIpc) is 2.59. The number of hydrogen-bond donors (Lipinski definition) is 1. The Labute approximate surface area is 140 Å². The number of hydrogen-bond acceptors (Lipinski definition) is 4. The number of nitrogen functional groups attached to an aromatic ring is 1. The number of anilines is 1. The molecule has 0 fully saturated rings. The van der Waals surface area contributed by atoms with Crippen molar-refractivity contribution in [1.82, 2.24) is 4.98 Å². The Morgan fingerprint density at radius 1 is 1.17 bits per heavy atom. The third-order valence-electron chi connectivity index (χ3n) is 3.79. The highest BCUT2D eigenvalue weighted by Gasteiger charge is 2.09. The van der Waals surface area contributed by atoms with Gasteiger partial charge < -0.3 is 10.5 Å². The lowest BCUT2D eigenvalue weighted by atomic mass is 10.0. The van der Waals surface area contributed by atoms with Gasteiger partial charge in [-0.25, -0.2) is 0 Å². The number of nitrogens with zero attached hydrogens (tertiary/aromatic N) is 1. The van der Waals surface area contributed by atoms with Crippen LogP contribution in [0.2, 0.25) is 0 Å². The summed E-state index contributed by atoms with van der Waals surface area (Å²) in [6.45, 7) is 1.89. The van der Waals surface area contributed by atoms with Crippen LogP contribution in [0.25, 0.3) is 17.0 Å². The van der Waals surface area contributed by atoms with Crippen LogP contribution >= 0.6 is 0 Å². The Morgan fingerprint density at radius 2 is 1.96 bits per heavy atom. The SMILES string of the molecule is COc1ccc(/C=C/C(=O)c2cc(C)nc3ccccc23)cc1N. The van der Waals surface area contributed by atoms with Gasteiger partial charge in [0, 0.05) is 16.6 Å². The van der Waals surface area contributed by atoms with Crippen LogP contribution in [0.3, 0.4) is 0 Å². The van der Waals surface area contributed by atoms with Crippen molar-refractivity contribution in [3.8, 4) is 5.75 Å². The molecule has 0 aliphatic carbocycles. The molecule has 0 aliphatic rings. The highest BCUT2D eigenvalue weighted by Crippen LogP contribution is 2.23. The van der Waals surface area contributed by atoms with E-state index in [0.29, 0.717) is 17.0 Å². The van der Waals surface area contributed by atoms with Crippen molar-refractivity contribution in [2.75, 3.05) is 12.8 Å². The van der Waals surface area contributed by atoms with Crippen LogP contribution in [0.4, 0.5) is 5.69 Å². The number of aromatic nitrogens is 1. The van der Waals surface area contributed by atoms with Gasteiger partial charge in [0.2, 0.25) is 0 Å². The molecular formula is C20H18N2O2. The maximum atomic E-state index is 12.6. The summed E-state index contributed by atoms with van der Waals surface area (Å²) in [5.41, 5.74) is 9.56. The van der Waals surface area contributed by atoms with Crippen LogP contribution < -0.4 is 10.5 Å². The van der Waals surface area contributed by atoms with Crippen molar-refractivity contribution in [2.45, 2.75) is 6.92 Å². The highest BCUT2D eigenvalue weighted by molar-refractivity contribution is 6.14. The predicted molar refractivity (Wildman–Crippen MR) is 97.3 cm³/mol. The molecule has 3 rings (SSSR count). The first-order chi connectivity index (χ1) is 11.6. The van der Waals surface area contributed by atoms with Crippen LogP contribution in [0.5, 0.6) is 5.75 Å². The minimum Gasteiger partial charge on any atom is -0.495 e. The second-order valence-electron chi connectivity index (χ2n) is 5.53. The second-order valence-corrected chi connectivity index (χ2v) is 5.53. The van der Waals surface area contributed by atoms with E-state index >= 15 is 0 Å². The van der Waals surface area contributed by atoms with Gasteiger partial charge in [-0.15, -0.1) is 0 Å². The largest absolute Gasteiger partial charge is 0.495 e. The number of rotatable bonds is 4. The molecule has 3 aromatic rings. The molecule has 0 bridgehead atoms. The van der Waals surface area contributed by atoms with Crippen LogP contribution in [0.1, 0.15) is 21.6 Å². The summed E-state index contributed by atoms with van der Waals surface area (Å²) >= 11 is 0. The first-order valence-electron chi connectivity index (χ1n) is 7.61. The summed E-state index contributed by atoms with van der Waals surface area (Å²) in [5, 5.41) is 0.854. The van der Waals surface area contributed by atoms with E-state index in [1.807, 2.05) is 43.3 Å². The van der Waals surface area contributed by atoms with Crippen molar-refractivity contribution in [1.29, 1.82) is 0 Å². The molecule has 0 unspecified atom stereocenters. The molecule has 4 nitrogen and oxygen atoms in total. The molecule has 4 heteroatoms. The molecule has 0 atom stereocenters. The number of ketones is 1. The van der Waals surface area contributed by atoms with E-state index in [-0.39, 0.29) is 5.78 Å². The molecule has 2 aromatic carbocycles. The normalized spacial score (nSPS) is 11.1. The van der Waals surface area contributed by atoms with Gasteiger partial charge in [-0.2, -0.15) is 0 Å². The Morgan fingerprint density at radius 3 is 2.71 bits per heavy atom. The molecule has 0 saturated heterocycles. The van der Waals surface area contributed by atoms with Crippen molar-refractivity contribution in [3.05, 3.63) is 71.4 Å². The number of pyridine rings is 1. The third-order valence-corrected chi connectivity index (χ3v) is 3.79. The van der Waals surface area contributed by atoms with Gasteiger partial charge in [-0.1, -0.05) is 30.3 Å². The van der Waals surface area contributed by atoms with Crippen molar-refractivity contribution in [3.63, 3.8) is 0 Å². The lowest BCUT2D eigenvalue weighted by molar-refractivity contribution is 0.104. The highest BCUT2D eigenvalue weighted by atomic mass is 16.5. The number of allylic oxidation sites excluding steroid dienone is 1. The number of methoxy groups -OCH3 is 1. The zero-order valence-electron chi connectivity index (χ0n) is 13.6. The Hall–Kier alpha value is -3.14. The second kappa shape index (κ2) is 6.54. The number of benzene rings is 2. The van der Waals surface area contributed by atoms with Crippen molar-refractivity contribution < 1.29 is 9.53 Å². The topological polar surface area (TPSA) is 65.2 Å². The fourth-order valence-corrected chi connectivity index (χ4v) is 2.63. The molecule has 1 heterocycles. The number of fused-ring (bicyclic) bond motifs is 1. The van der Waals surface area contributed by atoms with Gasteiger partial charge in [0.05, 0.1) is 18.3 Å². The summed E-state index contributed by atoms with van der Waals surface area (Å²) in [4.78, 5) is 17.1. The third kappa shape index (κ3) is 3.13. The van der Waals surface area contributed by atoms with Crippen LogP contribution in [-0.4, -0.2) is 17.9 Å². The summed E-state index contributed by atoms with van der Waals surface area (Å²) in [6, 6.07) is 14.9. The minimum atomic E-state index is -0.0638. The minimum absolute atomic E-state index is 0.0638. The van der Waals surface area contributed by atoms with Crippen molar-refractivity contribution in [2.24, 2.45) is 0 Å². The van der Waals surface area contributed by atoms with Gasteiger partial charge in [-0.3, -0.25) is 9.78 Å². The Bertz CT molecular complexity index is 946. The summed E-state index contributed by atoms with van der Waals surface area (Å²) < 4.78 is 5.13. The summed E-state index contributed by atoms with van der Waals surface area (Å²) in [5.74, 6) is 0.556. The van der Waals surface area contributed by atoms with E-state index in [9.17, 15) is 4.79 Å². The molecule has 0 aliphatic heterocycles. The molecule has 2 N–H and O–H groups in total. The quantitative estimate of drug-likeness (QED) is 0.448. The molecule has 0 amide bonds. The zero-order valence-corrected chi connectivity index (χ0v) is 13.6. The fraction of sp³-hybridized carbons (Fsp3) is 0.100. The molecule has 120 valence electrons. The van der Waals surface area contributed by atoms with E-state index in [1.165, 1.54) is 0 Å². The standard InChI is InChI=1S/C20H18N2O2/c1-13-11-16(15-5-3-4-6-18(15)22-13)19(23)9-7-14-8-10-20(24-2)17(21)12-14/h3-12H,21H2,1-2H3/b9-7+. The average molecular weight is 318 g/mol. The number of para-hydroxylation sites is 1. The van der Waals surface area contributed by atoms with Crippen LogP contribution in [-0.2, 0) is 0 Å². The molecule has 0 radical (unpaired) electrons. The number of carbonyl (C=O) groups excluding carboxylic acids is 1. The first kappa shape index (κ1) is 15.7. The van der Waals surface area contributed by atoms with E-state index in [4.69, 9.17) is 10.5 Å². The van der Waals surface area contributed by atoms with Crippen LogP contribution in [0.15, 0.2) is 54.6 Å². The number of ether oxygens (including phenoxy) is 1. The number of nitrogens with two attached hydrogens (primary N) is 1. The summed E-state index contributed by atoms with van der Waals surface area (Å²) in [7, 11) is 1.57. The lowest BCUT2D eigenvalue weighted by Gasteiger charge is -2.06. The Kier molecular flexibility index (Phi) is 4.29. The molecule has 0 spiro atoms. The van der Waals surface area contributed by atoms with Gasteiger partial charge in [-0.05, 0) is 42.8 Å². The predicted octanol–water partition coefficient (Wildman–Crippen LogP) is 4.03. The van der Waals surface area contributed by atoms with Gasteiger partial charge in [0.15, 0.2) is 5.78 Å². The van der Waals surface area contributed by atoms with E-state index in [2.05, 4.69) is 4.98 Å². The Balaban J connectivity index is 1.94. The first-order valence-corrected chi connectivity index (χ1v) is 7.61. The maximum absolute atomic E-state index is 12.6. The molecular weight excluding hydrogens is 300 g/mol. The van der Waals surface area contributed by atoms with E-state index in [1.54, 1.807) is 31.4 Å². The lowest BCUT2D eigenvalue weighted by Crippen LogP contribution is -1.99. The fourth-order valence-electron chi connectivity index (χ4n) is 2.63. The summed E-state index contributed by atoms with van der Waals surface area (Å²) in [6.07, 6.45) is 3.31. The maximum Gasteiger partial charge on any atom is 0.186 e. The van der Waals surface area contributed by atoms with Gasteiger partial charge in [0.1, 0.15) is 5.75 Å². The smallest absolute Gasteiger partial charge is 0.186 e. The van der Waals surface area contributed by atoms with Gasteiger partial charge in [0.25, 0.3) is 0 Å².